The van der Waals surface area contributed by atoms with Crippen molar-refractivity contribution in [3.05, 3.63) is 35.4 Å². The molecule has 35 heavy (non-hydrogen) atoms. The summed E-state index contributed by atoms with van der Waals surface area (Å²) in [6.45, 7) is 6.68. The maximum Gasteiger partial charge on any atom is 0.328 e. The minimum atomic E-state index is -0.500. The number of nitrogens with one attached hydrogen (secondary N) is 2. The molecule has 2 aliphatic rings. The topological polar surface area (TPSA) is 114 Å². The zero-order valence-electron chi connectivity index (χ0n) is 21.5. The largest absolute Gasteiger partial charge is 0.467 e. The molecule has 8 nitrogen and oxygen atoms in total. The molecule has 0 saturated carbocycles. The van der Waals surface area contributed by atoms with Gasteiger partial charge in [0.15, 0.2) is 0 Å². The fraction of sp³-hybridized carbons (Fsp3) is 0.654. The van der Waals surface area contributed by atoms with Crippen LogP contribution in [0, 0.1) is 5.41 Å². The van der Waals surface area contributed by atoms with E-state index in [0.717, 1.165) is 51.1 Å². The third-order valence-corrected chi connectivity index (χ3v) is 7.46. The second-order valence-electron chi connectivity index (χ2n) is 9.90. The molecule has 2 heterocycles. The molecular weight excluding hydrogens is 464 g/mol. The smallest absolute Gasteiger partial charge is 0.328 e. The highest BCUT2D eigenvalue weighted by Gasteiger charge is 2.39. The number of carbonyl (C=O) groups is 3. The fourth-order valence-electron chi connectivity index (χ4n) is 4.63. The molecule has 0 unspecified atom stereocenters. The number of thioether (sulfide) groups is 1. The van der Waals surface area contributed by atoms with Gasteiger partial charge in [0, 0.05) is 25.7 Å². The molecule has 0 aromatic heterocycles. The molecule has 0 aliphatic carbocycles. The van der Waals surface area contributed by atoms with Crippen molar-refractivity contribution >= 4 is 30.0 Å². The Morgan fingerprint density at radius 3 is 2.71 bits per heavy atom. The molecule has 1 fully saturated rings. The van der Waals surface area contributed by atoms with E-state index in [0.29, 0.717) is 12.8 Å². The molecule has 3 rings (SSSR count). The van der Waals surface area contributed by atoms with Crippen LogP contribution in [-0.4, -0.2) is 73.5 Å². The van der Waals surface area contributed by atoms with Crippen molar-refractivity contribution in [2.24, 2.45) is 11.1 Å². The number of hydrogen-bond acceptors (Lipinski definition) is 7. The number of hydrogen-bond donors (Lipinski definition) is 3. The van der Waals surface area contributed by atoms with Crippen LogP contribution in [0.25, 0.3) is 0 Å². The summed E-state index contributed by atoms with van der Waals surface area (Å²) < 4.78 is 4.49. The number of esters is 1. The van der Waals surface area contributed by atoms with E-state index in [1.807, 2.05) is 11.2 Å². The molecule has 9 heteroatoms. The van der Waals surface area contributed by atoms with Gasteiger partial charge in [-0.05, 0) is 54.2 Å². The third kappa shape index (κ3) is 8.81. The first-order valence-corrected chi connectivity index (χ1v) is 13.7. The quantitative estimate of drug-likeness (QED) is 0.383. The molecule has 1 aromatic rings. The Kier molecular flexibility index (Phi) is 12.0. The molecule has 1 aromatic carbocycles. The Morgan fingerprint density at radius 2 is 2.06 bits per heavy atom. The van der Waals surface area contributed by atoms with E-state index in [-0.39, 0.29) is 23.4 Å². The van der Waals surface area contributed by atoms with Gasteiger partial charge < -0.3 is 26.0 Å². The predicted octanol–water partition coefficient (Wildman–Crippen LogP) is 2.09. The van der Waals surface area contributed by atoms with Gasteiger partial charge in [-0.3, -0.25) is 9.59 Å². The zero-order chi connectivity index (χ0) is 25.8. The van der Waals surface area contributed by atoms with Crippen molar-refractivity contribution in [1.29, 1.82) is 0 Å². The number of methoxy groups -OCH3 is 1. The number of benzene rings is 1. The number of carbonyl (C=O) groups excluding carboxylic acids is 3. The summed E-state index contributed by atoms with van der Waals surface area (Å²) in [6, 6.07) is 7.97. The molecule has 196 valence electrons. The Bertz CT molecular complexity index is 835. The minimum absolute atomic E-state index is 0.0335. The third-order valence-electron chi connectivity index (χ3n) is 6.82. The summed E-state index contributed by atoms with van der Waals surface area (Å²) in [4.78, 5) is 36.2. The van der Waals surface area contributed by atoms with E-state index < -0.39 is 12.0 Å². The Morgan fingerprint density at radius 1 is 1.34 bits per heavy atom. The van der Waals surface area contributed by atoms with Crippen LogP contribution in [0.2, 0.25) is 0 Å². The average molecular weight is 507 g/mol. The van der Waals surface area contributed by atoms with Crippen molar-refractivity contribution in [1.82, 2.24) is 15.5 Å². The fourth-order valence-corrected chi connectivity index (χ4v) is 5.10. The highest BCUT2D eigenvalue weighted by atomic mass is 32.2. The number of nitrogens with zero attached hydrogens (tertiary/aromatic N) is 1. The van der Waals surface area contributed by atoms with E-state index in [1.165, 1.54) is 18.2 Å². The summed E-state index contributed by atoms with van der Waals surface area (Å²) in [5, 5.41) is 5.87. The van der Waals surface area contributed by atoms with Crippen LogP contribution in [-0.2, 0) is 32.1 Å². The highest BCUT2D eigenvalue weighted by Crippen LogP contribution is 2.31. The van der Waals surface area contributed by atoms with Crippen molar-refractivity contribution in [3.63, 3.8) is 0 Å². The number of fused-ring (bicyclic) bond motifs is 1. The lowest BCUT2D eigenvalue weighted by atomic mass is 9.77. The van der Waals surface area contributed by atoms with Crippen LogP contribution < -0.4 is 16.4 Å². The van der Waals surface area contributed by atoms with Gasteiger partial charge >= 0.3 is 5.97 Å². The summed E-state index contributed by atoms with van der Waals surface area (Å²) >= 11 is 1.62. The lowest BCUT2D eigenvalue weighted by Gasteiger charge is -2.41. The van der Waals surface area contributed by atoms with E-state index in [4.69, 9.17) is 5.73 Å². The predicted molar refractivity (Wildman–Crippen MR) is 141 cm³/mol. The van der Waals surface area contributed by atoms with Crippen LogP contribution in [0.4, 0.5) is 0 Å². The van der Waals surface area contributed by atoms with Crippen LogP contribution in [0.5, 0.6) is 0 Å². The summed E-state index contributed by atoms with van der Waals surface area (Å²) in [7, 11) is 1.31. The second-order valence-corrected chi connectivity index (χ2v) is 10.9. The first-order chi connectivity index (χ1) is 16.7. The van der Waals surface area contributed by atoms with E-state index in [9.17, 15) is 14.4 Å². The minimum Gasteiger partial charge on any atom is -0.467 e. The van der Waals surface area contributed by atoms with Crippen LogP contribution in [0.15, 0.2) is 24.3 Å². The van der Waals surface area contributed by atoms with Gasteiger partial charge in [-0.1, -0.05) is 44.5 Å². The van der Waals surface area contributed by atoms with Gasteiger partial charge in [0.25, 0.3) is 0 Å². The monoisotopic (exact) mass is 506 g/mol. The van der Waals surface area contributed by atoms with E-state index in [1.54, 1.807) is 11.8 Å². The molecule has 1 saturated heterocycles. The zero-order valence-corrected chi connectivity index (χ0v) is 22.4. The standard InChI is InChI=1S/C19H29N3O.C7H13NO3S/c1-19(2)10-5-8-16(20)12-21-17(19)18(23)22-11-9-14-6-3-4-7-15(14)13-22;1-11-7(10)6(8-5-9)3-4-12-2/h3-4,6-7,16-17,21H,5,8-13,20H2,1-2H3;5-6H,3-4H2,1-2H3,(H,8,9)/t16-,17+;6-/m00/s1. The number of nitrogens with two attached hydrogens (primary N) is 1. The first-order valence-electron chi connectivity index (χ1n) is 12.3. The van der Waals surface area contributed by atoms with Crippen molar-refractivity contribution in [3.8, 4) is 0 Å². The van der Waals surface area contributed by atoms with Crippen LogP contribution in [0.1, 0.15) is 50.7 Å². The molecule has 2 amide bonds. The van der Waals surface area contributed by atoms with Gasteiger partial charge in [-0.15, -0.1) is 0 Å². The lowest BCUT2D eigenvalue weighted by Crippen LogP contribution is -2.57. The Labute approximate surface area is 214 Å². The van der Waals surface area contributed by atoms with Gasteiger partial charge in [0.2, 0.25) is 12.3 Å². The van der Waals surface area contributed by atoms with Crippen molar-refractivity contribution in [2.45, 2.75) is 70.6 Å². The van der Waals surface area contributed by atoms with Crippen LogP contribution in [0.3, 0.4) is 0 Å². The number of ether oxygens (including phenoxy) is 1. The van der Waals surface area contributed by atoms with Crippen LogP contribution >= 0.6 is 11.8 Å². The van der Waals surface area contributed by atoms with Gasteiger partial charge in [-0.25, -0.2) is 4.79 Å². The van der Waals surface area contributed by atoms with Gasteiger partial charge in [-0.2, -0.15) is 11.8 Å². The molecule has 4 N–H and O–H groups in total. The summed E-state index contributed by atoms with van der Waals surface area (Å²) in [5.41, 5.74) is 8.74. The maximum atomic E-state index is 13.2. The highest BCUT2D eigenvalue weighted by molar-refractivity contribution is 7.98. The molecule has 3 atom stereocenters. The van der Waals surface area contributed by atoms with E-state index in [2.05, 4.69) is 53.5 Å². The first kappa shape index (κ1) is 29.1. The normalized spacial score (nSPS) is 22.3. The lowest BCUT2D eigenvalue weighted by molar-refractivity contribution is -0.144. The molecule has 0 spiro atoms. The molecule has 2 aliphatic heterocycles. The SMILES string of the molecule is CC1(C)CCC[C@H](N)CN[C@@H]1C(=O)N1CCc2ccccc2C1.COC(=O)[C@H](CCSC)NC=O. The number of amides is 2. The van der Waals surface area contributed by atoms with Gasteiger partial charge in [0.1, 0.15) is 6.04 Å². The molecule has 0 bridgehead atoms. The Balaban J connectivity index is 0.000000307. The maximum absolute atomic E-state index is 13.2. The second kappa shape index (κ2) is 14.5. The number of rotatable bonds is 7. The van der Waals surface area contributed by atoms with Crippen molar-refractivity contribution < 1.29 is 19.1 Å². The molecular formula is C26H42N4O4S. The average Bonchev–Trinajstić information content (AvgIpc) is 2.85. The molecule has 0 radical (unpaired) electrons. The van der Waals surface area contributed by atoms with E-state index >= 15 is 0 Å². The van der Waals surface area contributed by atoms with Gasteiger partial charge in [0.05, 0.1) is 13.2 Å². The summed E-state index contributed by atoms with van der Waals surface area (Å²) in [6.07, 6.45) is 7.18. The van der Waals surface area contributed by atoms with Crippen molar-refractivity contribution in [2.75, 3.05) is 32.2 Å². The Hall–Kier alpha value is -2.10. The summed E-state index contributed by atoms with van der Waals surface area (Å²) in [5.74, 6) is 0.662.